The van der Waals surface area contributed by atoms with Crippen LogP contribution >= 0.6 is 0 Å². The van der Waals surface area contributed by atoms with Gasteiger partial charge in [-0.05, 0) is 68.7 Å². The molecule has 25 heavy (non-hydrogen) atoms. The molecule has 0 saturated heterocycles. The van der Waals surface area contributed by atoms with Crippen LogP contribution in [0, 0.1) is 27.7 Å². The maximum atomic E-state index is 12.2. The summed E-state index contributed by atoms with van der Waals surface area (Å²) in [6.07, 6.45) is 0.683. The SMILES string of the molecule is Cc1cc(C)c(Cc2ccc(C(=O)NCc3ccc(C)o3)o2)c(C)c1. The minimum atomic E-state index is -0.238. The fourth-order valence-electron chi connectivity index (χ4n) is 3.09. The van der Waals surface area contributed by atoms with Crippen molar-refractivity contribution < 1.29 is 13.6 Å². The van der Waals surface area contributed by atoms with Gasteiger partial charge in [-0.15, -0.1) is 0 Å². The largest absolute Gasteiger partial charge is 0.465 e. The first-order chi connectivity index (χ1) is 11.9. The first kappa shape index (κ1) is 17.1. The highest BCUT2D eigenvalue weighted by atomic mass is 16.4. The zero-order valence-corrected chi connectivity index (χ0v) is 15.1. The molecule has 0 saturated carbocycles. The van der Waals surface area contributed by atoms with Crippen molar-refractivity contribution in [2.75, 3.05) is 0 Å². The van der Waals surface area contributed by atoms with Gasteiger partial charge < -0.3 is 14.2 Å². The molecular formula is C21H23NO3. The summed E-state index contributed by atoms with van der Waals surface area (Å²) < 4.78 is 11.2. The van der Waals surface area contributed by atoms with Crippen molar-refractivity contribution in [1.29, 1.82) is 0 Å². The first-order valence-corrected chi connectivity index (χ1v) is 8.41. The molecule has 3 rings (SSSR count). The van der Waals surface area contributed by atoms with Crippen LogP contribution in [0.5, 0.6) is 0 Å². The van der Waals surface area contributed by atoms with Crippen LogP contribution in [0.15, 0.2) is 45.2 Å². The fourth-order valence-corrected chi connectivity index (χ4v) is 3.09. The van der Waals surface area contributed by atoms with Crippen LogP contribution in [0.2, 0.25) is 0 Å². The second-order valence-electron chi connectivity index (χ2n) is 6.52. The lowest BCUT2D eigenvalue weighted by Gasteiger charge is -2.10. The average molecular weight is 337 g/mol. The van der Waals surface area contributed by atoms with E-state index in [1.807, 2.05) is 25.1 Å². The molecule has 0 radical (unpaired) electrons. The van der Waals surface area contributed by atoms with Crippen LogP contribution in [0.1, 0.15) is 50.1 Å². The molecule has 4 nitrogen and oxygen atoms in total. The predicted octanol–water partition coefficient (Wildman–Crippen LogP) is 4.63. The van der Waals surface area contributed by atoms with E-state index in [1.54, 1.807) is 6.07 Å². The fraction of sp³-hybridized carbons (Fsp3) is 0.286. The Balaban J connectivity index is 1.67. The highest BCUT2D eigenvalue weighted by Gasteiger charge is 2.13. The number of rotatable bonds is 5. The smallest absolute Gasteiger partial charge is 0.287 e. The number of carbonyl (C=O) groups is 1. The van der Waals surface area contributed by atoms with E-state index in [1.165, 1.54) is 22.3 Å². The van der Waals surface area contributed by atoms with Crippen LogP contribution in [0.25, 0.3) is 0 Å². The highest BCUT2D eigenvalue weighted by molar-refractivity contribution is 5.91. The molecule has 2 heterocycles. The van der Waals surface area contributed by atoms with Gasteiger partial charge in [0, 0.05) is 6.42 Å². The number of benzene rings is 1. The number of carbonyl (C=O) groups excluding carboxylic acids is 1. The second kappa shape index (κ2) is 7.01. The molecule has 1 N–H and O–H groups in total. The Morgan fingerprint density at radius 3 is 2.24 bits per heavy atom. The molecule has 4 heteroatoms. The molecule has 1 aromatic carbocycles. The zero-order valence-electron chi connectivity index (χ0n) is 15.1. The van der Waals surface area contributed by atoms with E-state index in [0.717, 1.165) is 17.3 Å². The molecule has 0 atom stereocenters. The monoisotopic (exact) mass is 337 g/mol. The average Bonchev–Trinajstić information content (AvgIpc) is 3.17. The third kappa shape index (κ3) is 4.02. The number of hydrogen-bond donors (Lipinski definition) is 1. The maximum absolute atomic E-state index is 12.2. The third-order valence-electron chi connectivity index (χ3n) is 4.30. The molecule has 2 aromatic heterocycles. The van der Waals surface area contributed by atoms with Crippen molar-refractivity contribution >= 4 is 5.91 Å². The lowest BCUT2D eigenvalue weighted by Crippen LogP contribution is -2.21. The number of hydrogen-bond acceptors (Lipinski definition) is 3. The predicted molar refractivity (Wildman–Crippen MR) is 96.8 cm³/mol. The summed E-state index contributed by atoms with van der Waals surface area (Å²) >= 11 is 0. The Kier molecular flexibility index (Phi) is 4.79. The van der Waals surface area contributed by atoms with Crippen molar-refractivity contribution in [2.24, 2.45) is 0 Å². The molecule has 3 aromatic rings. The number of aryl methyl sites for hydroxylation is 4. The van der Waals surface area contributed by atoms with Gasteiger partial charge in [0.05, 0.1) is 6.54 Å². The summed E-state index contributed by atoms with van der Waals surface area (Å²) in [5.74, 6) is 2.42. The van der Waals surface area contributed by atoms with Gasteiger partial charge in [-0.25, -0.2) is 0 Å². The third-order valence-corrected chi connectivity index (χ3v) is 4.30. The number of furan rings is 2. The van der Waals surface area contributed by atoms with Gasteiger partial charge in [0.15, 0.2) is 5.76 Å². The Morgan fingerprint density at radius 2 is 1.60 bits per heavy atom. The summed E-state index contributed by atoms with van der Waals surface area (Å²) in [4.78, 5) is 12.2. The Bertz CT molecular complexity index is 879. The zero-order chi connectivity index (χ0) is 18.0. The lowest BCUT2D eigenvalue weighted by molar-refractivity contribution is 0.0918. The Morgan fingerprint density at radius 1 is 0.920 bits per heavy atom. The minimum absolute atomic E-state index is 0.238. The molecule has 0 unspecified atom stereocenters. The highest BCUT2D eigenvalue weighted by Crippen LogP contribution is 2.21. The normalized spacial score (nSPS) is 10.9. The van der Waals surface area contributed by atoms with Crippen molar-refractivity contribution in [3.8, 4) is 0 Å². The first-order valence-electron chi connectivity index (χ1n) is 8.41. The number of amides is 1. The van der Waals surface area contributed by atoms with Crippen LogP contribution in [-0.4, -0.2) is 5.91 Å². The minimum Gasteiger partial charge on any atom is -0.465 e. The molecule has 130 valence electrons. The van der Waals surface area contributed by atoms with Crippen LogP contribution < -0.4 is 5.32 Å². The van der Waals surface area contributed by atoms with Crippen LogP contribution in [-0.2, 0) is 13.0 Å². The molecular weight excluding hydrogens is 314 g/mol. The molecule has 0 aliphatic heterocycles. The summed E-state index contributed by atoms with van der Waals surface area (Å²) in [5, 5.41) is 2.81. The van der Waals surface area contributed by atoms with Gasteiger partial charge in [-0.1, -0.05) is 17.7 Å². The number of nitrogens with one attached hydrogen (secondary N) is 1. The van der Waals surface area contributed by atoms with Gasteiger partial charge in [0.1, 0.15) is 17.3 Å². The van der Waals surface area contributed by atoms with Crippen LogP contribution in [0.3, 0.4) is 0 Å². The van der Waals surface area contributed by atoms with Crippen molar-refractivity contribution in [2.45, 2.75) is 40.7 Å². The van der Waals surface area contributed by atoms with E-state index in [0.29, 0.717) is 18.7 Å². The lowest BCUT2D eigenvalue weighted by atomic mass is 9.97. The van der Waals surface area contributed by atoms with Crippen LogP contribution in [0.4, 0.5) is 0 Å². The second-order valence-corrected chi connectivity index (χ2v) is 6.52. The van der Waals surface area contributed by atoms with E-state index >= 15 is 0 Å². The van der Waals surface area contributed by atoms with E-state index in [-0.39, 0.29) is 5.91 Å². The van der Waals surface area contributed by atoms with Gasteiger partial charge in [-0.3, -0.25) is 4.79 Å². The summed E-state index contributed by atoms with van der Waals surface area (Å²) in [7, 11) is 0. The molecule has 0 bridgehead atoms. The molecule has 0 aliphatic carbocycles. The van der Waals surface area contributed by atoms with E-state index in [9.17, 15) is 4.79 Å². The van der Waals surface area contributed by atoms with E-state index in [2.05, 4.69) is 38.2 Å². The van der Waals surface area contributed by atoms with Gasteiger partial charge in [0.25, 0.3) is 5.91 Å². The van der Waals surface area contributed by atoms with Crippen molar-refractivity contribution in [3.05, 3.63) is 81.7 Å². The Labute approximate surface area is 147 Å². The molecule has 0 aliphatic rings. The Hall–Kier alpha value is -2.75. The molecule has 0 spiro atoms. The van der Waals surface area contributed by atoms with E-state index in [4.69, 9.17) is 8.83 Å². The van der Waals surface area contributed by atoms with E-state index < -0.39 is 0 Å². The van der Waals surface area contributed by atoms with Gasteiger partial charge in [0.2, 0.25) is 0 Å². The summed E-state index contributed by atoms with van der Waals surface area (Å²) in [6, 6.07) is 11.7. The van der Waals surface area contributed by atoms with Gasteiger partial charge >= 0.3 is 0 Å². The topological polar surface area (TPSA) is 55.4 Å². The van der Waals surface area contributed by atoms with Gasteiger partial charge in [-0.2, -0.15) is 0 Å². The van der Waals surface area contributed by atoms with Crippen molar-refractivity contribution in [1.82, 2.24) is 5.32 Å². The quantitative estimate of drug-likeness (QED) is 0.738. The summed E-state index contributed by atoms with van der Waals surface area (Å²) in [5.41, 5.74) is 4.99. The standard InChI is InChI=1S/C21H23NO3/c1-13-9-14(2)19(15(3)10-13)11-17-7-8-20(25-17)21(23)22-12-18-6-5-16(4)24-18/h5-10H,11-12H2,1-4H3,(H,22,23). The van der Waals surface area contributed by atoms with Crippen molar-refractivity contribution in [3.63, 3.8) is 0 Å². The summed E-state index contributed by atoms with van der Waals surface area (Å²) in [6.45, 7) is 8.53. The maximum Gasteiger partial charge on any atom is 0.287 e. The molecule has 0 fully saturated rings. The molecule has 1 amide bonds.